The third kappa shape index (κ3) is 4.56. The first-order valence-electron chi connectivity index (χ1n) is 8.59. The van der Waals surface area contributed by atoms with Crippen LogP contribution in [-0.4, -0.2) is 35.5 Å². The Kier molecular flexibility index (Phi) is 5.61. The Balaban J connectivity index is 1.65. The number of hydrogen-bond donors (Lipinski definition) is 2. The van der Waals surface area contributed by atoms with Crippen molar-refractivity contribution in [2.75, 3.05) is 29.9 Å². The number of anilines is 3. The van der Waals surface area contributed by atoms with E-state index in [9.17, 15) is 4.79 Å². The molecule has 2 N–H and O–H groups in total. The molecule has 1 amide bonds. The molecule has 6 heteroatoms. The van der Waals surface area contributed by atoms with E-state index in [0.717, 1.165) is 18.8 Å². The molecule has 2 heterocycles. The molecular weight excluding hydrogens is 314 g/mol. The van der Waals surface area contributed by atoms with E-state index in [1.165, 1.54) is 31.3 Å². The fraction of sp³-hybridized carbons (Fsp3) is 0.316. The van der Waals surface area contributed by atoms with E-state index in [1.807, 2.05) is 12.1 Å². The van der Waals surface area contributed by atoms with Crippen LogP contribution in [0.25, 0.3) is 0 Å². The van der Waals surface area contributed by atoms with Gasteiger partial charge in [-0.1, -0.05) is 6.08 Å². The standard InChI is InChI=1S/C19H23N5O/c1-2-10-20-19(25)17-13-18(22-14-21-17)23-15-6-8-16(9-7-15)24-11-4-3-5-12-24/h2,6-9,13-14H,1,3-5,10-12H2,(H,20,25)(H,21,22,23). The molecule has 0 bridgehead atoms. The van der Waals surface area contributed by atoms with Gasteiger partial charge in [-0.2, -0.15) is 0 Å². The average molecular weight is 337 g/mol. The van der Waals surface area contributed by atoms with Gasteiger partial charge >= 0.3 is 0 Å². The van der Waals surface area contributed by atoms with Crippen LogP contribution >= 0.6 is 0 Å². The molecule has 130 valence electrons. The highest BCUT2D eigenvalue weighted by Gasteiger charge is 2.11. The molecular formula is C19H23N5O. The Morgan fingerprint density at radius 2 is 1.92 bits per heavy atom. The maximum absolute atomic E-state index is 11.9. The number of aromatic nitrogens is 2. The molecule has 1 aliphatic rings. The highest BCUT2D eigenvalue weighted by atomic mass is 16.1. The van der Waals surface area contributed by atoms with Crippen LogP contribution in [0.15, 0.2) is 49.3 Å². The first kappa shape index (κ1) is 17.0. The number of hydrogen-bond acceptors (Lipinski definition) is 5. The summed E-state index contributed by atoms with van der Waals surface area (Å²) in [5.74, 6) is 0.343. The summed E-state index contributed by atoms with van der Waals surface area (Å²) in [7, 11) is 0. The normalized spacial score (nSPS) is 14.0. The monoisotopic (exact) mass is 337 g/mol. The van der Waals surface area contributed by atoms with Gasteiger partial charge in [-0.25, -0.2) is 9.97 Å². The zero-order valence-corrected chi connectivity index (χ0v) is 14.2. The Morgan fingerprint density at radius 3 is 2.64 bits per heavy atom. The molecule has 0 saturated carbocycles. The lowest BCUT2D eigenvalue weighted by Crippen LogP contribution is -2.29. The fourth-order valence-electron chi connectivity index (χ4n) is 2.86. The summed E-state index contributed by atoms with van der Waals surface area (Å²) in [6, 6.07) is 9.93. The number of nitrogens with zero attached hydrogens (tertiary/aromatic N) is 3. The molecule has 0 aliphatic carbocycles. The van der Waals surface area contributed by atoms with E-state index in [1.54, 1.807) is 12.1 Å². The second kappa shape index (κ2) is 8.28. The van der Waals surface area contributed by atoms with Crippen LogP contribution in [0.3, 0.4) is 0 Å². The van der Waals surface area contributed by atoms with Gasteiger partial charge in [-0.05, 0) is 43.5 Å². The fourth-order valence-corrected chi connectivity index (χ4v) is 2.86. The molecule has 0 radical (unpaired) electrons. The Morgan fingerprint density at radius 1 is 1.16 bits per heavy atom. The molecule has 25 heavy (non-hydrogen) atoms. The smallest absolute Gasteiger partial charge is 0.270 e. The van der Waals surface area contributed by atoms with Crippen LogP contribution in [0.2, 0.25) is 0 Å². The van der Waals surface area contributed by atoms with Crippen molar-refractivity contribution in [2.24, 2.45) is 0 Å². The molecule has 1 aliphatic heterocycles. The first-order valence-corrected chi connectivity index (χ1v) is 8.59. The lowest BCUT2D eigenvalue weighted by Gasteiger charge is -2.28. The van der Waals surface area contributed by atoms with Crippen molar-refractivity contribution in [3.8, 4) is 0 Å². The minimum absolute atomic E-state index is 0.245. The lowest BCUT2D eigenvalue weighted by molar-refractivity contribution is 0.0953. The van der Waals surface area contributed by atoms with Gasteiger partial charge in [0.25, 0.3) is 5.91 Å². The van der Waals surface area contributed by atoms with Gasteiger partial charge in [0.2, 0.25) is 0 Å². The lowest BCUT2D eigenvalue weighted by atomic mass is 10.1. The Labute approximate surface area is 148 Å². The third-order valence-corrected chi connectivity index (χ3v) is 4.17. The van der Waals surface area contributed by atoms with Crippen molar-refractivity contribution in [1.29, 1.82) is 0 Å². The van der Waals surface area contributed by atoms with Gasteiger partial charge in [0.05, 0.1) is 0 Å². The van der Waals surface area contributed by atoms with E-state index in [0.29, 0.717) is 18.1 Å². The summed E-state index contributed by atoms with van der Waals surface area (Å²) in [5, 5.41) is 5.92. The highest BCUT2D eigenvalue weighted by Crippen LogP contribution is 2.23. The van der Waals surface area contributed by atoms with Gasteiger partial charge in [0.15, 0.2) is 0 Å². The van der Waals surface area contributed by atoms with Crippen molar-refractivity contribution in [3.05, 3.63) is 55.0 Å². The molecule has 1 aromatic heterocycles. The minimum Gasteiger partial charge on any atom is -0.372 e. The van der Waals surface area contributed by atoms with E-state index in [-0.39, 0.29) is 5.91 Å². The maximum atomic E-state index is 11.9. The topological polar surface area (TPSA) is 70.2 Å². The van der Waals surface area contributed by atoms with E-state index < -0.39 is 0 Å². The van der Waals surface area contributed by atoms with E-state index in [4.69, 9.17) is 0 Å². The van der Waals surface area contributed by atoms with Crippen LogP contribution in [0, 0.1) is 0 Å². The SMILES string of the molecule is C=CCNC(=O)c1cc(Nc2ccc(N3CCCCC3)cc2)ncn1. The molecule has 1 aromatic carbocycles. The van der Waals surface area contributed by atoms with Crippen LogP contribution in [0.4, 0.5) is 17.2 Å². The number of carbonyl (C=O) groups is 1. The van der Waals surface area contributed by atoms with Crippen molar-refractivity contribution in [3.63, 3.8) is 0 Å². The Bertz CT molecular complexity index is 723. The van der Waals surface area contributed by atoms with Gasteiger partial charge in [0.1, 0.15) is 17.8 Å². The molecule has 0 spiro atoms. The molecule has 1 saturated heterocycles. The quantitative estimate of drug-likeness (QED) is 0.793. The van der Waals surface area contributed by atoms with E-state index >= 15 is 0 Å². The van der Waals surface area contributed by atoms with Gasteiger partial charge in [-0.3, -0.25) is 4.79 Å². The number of rotatable bonds is 6. The summed E-state index contributed by atoms with van der Waals surface area (Å²) >= 11 is 0. The number of carbonyl (C=O) groups excluding carboxylic acids is 1. The molecule has 3 rings (SSSR count). The van der Waals surface area contributed by atoms with E-state index in [2.05, 4.69) is 44.2 Å². The molecule has 0 atom stereocenters. The van der Waals surface area contributed by atoms with Crippen LogP contribution in [0.1, 0.15) is 29.8 Å². The second-order valence-electron chi connectivity index (χ2n) is 6.01. The van der Waals surface area contributed by atoms with Crippen molar-refractivity contribution in [2.45, 2.75) is 19.3 Å². The number of benzene rings is 1. The summed E-state index contributed by atoms with van der Waals surface area (Å²) in [5.41, 5.74) is 2.50. The molecule has 0 unspecified atom stereocenters. The van der Waals surface area contributed by atoms with Crippen molar-refractivity contribution < 1.29 is 4.79 Å². The predicted molar refractivity (Wildman–Crippen MR) is 100 cm³/mol. The van der Waals surface area contributed by atoms with Gasteiger partial charge < -0.3 is 15.5 Å². The summed E-state index contributed by atoms with van der Waals surface area (Å²) in [4.78, 5) is 22.5. The summed E-state index contributed by atoms with van der Waals surface area (Å²) in [6.45, 7) is 6.24. The predicted octanol–water partition coefficient (Wildman–Crippen LogP) is 3.13. The molecule has 2 aromatic rings. The Hall–Kier alpha value is -2.89. The molecule has 6 nitrogen and oxygen atoms in total. The highest BCUT2D eigenvalue weighted by molar-refractivity contribution is 5.93. The maximum Gasteiger partial charge on any atom is 0.270 e. The van der Waals surface area contributed by atoms with Crippen LogP contribution in [-0.2, 0) is 0 Å². The number of amides is 1. The second-order valence-corrected chi connectivity index (χ2v) is 6.01. The van der Waals surface area contributed by atoms with Crippen molar-refractivity contribution in [1.82, 2.24) is 15.3 Å². The first-order chi connectivity index (χ1) is 12.3. The van der Waals surface area contributed by atoms with Gasteiger partial charge in [-0.15, -0.1) is 6.58 Å². The minimum atomic E-state index is -0.245. The zero-order chi connectivity index (χ0) is 17.5. The van der Waals surface area contributed by atoms with Crippen LogP contribution in [0.5, 0.6) is 0 Å². The van der Waals surface area contributed by atoms with Gasteiger partial charge in [0, 0.05) is 37.1 Å². The van der Waals surface area contributed by atoms with Crippen molar-refractivity contribution >= 4 is 23.1 Å². The third-order valence-electron chi connectivity index (χ3n) is 4.17. The zero-order valence-electron chi connectivity index (χ0n) is 14.2. The van der Waals surface area contributed by atoms with Crippen LogP contribution < -0.4 is 15.5 Å². The number of nitrogens with one attached hydrogen (secondary N) is 2. The number of piperidine rings is 1. The average Bonchev–Trinajstić information content (AvgIpc) is 2.67. The summed E-state index contributed by atoms with van der Waals surface area (Å²) in [6.07, 6.45) is 6.86. The summed E-state index contributed by atoms with van der Waals surface area (Å²) < 4.78 is 0. The molecule has 1 fully saturated rings. The largest absolute Gasteiger partial charge is 0.372 e.